The molecule has 0 saturated carbocycles. The first-order chi connectivity index (χ1) is 12.5. The lowest BCUT2D eigenvalue weighted by atomic mass is 10.1. The Morgan fingerprint density at radius 2 is 2.08 bits per heavy atom. The molecule has 0 bridgehead atoms. The van der Waals surface area contributed by atoms with Crippen molar-refractivity contribution >= 4 is 17.0 Å². The third-order valence-corrected chi connectivity index (χ3v) is 4.96. The molecule has 1 aliphatic rings. The van der Waals surface area contributed by atoms with Crippen LogP contribution in [0.5, 0.6) is 5.88 Å². The molecular formula is C19H23N5O2. The number of ether oxygens (including phenoxy) is 1. The third-order valence-electron chi connectivity index (χ3n) is 4.96. The summed E-state index contributed by atoms with van der Waals surface area (Å²) in [7, 11) is 1.71. The Hall–Kier alpha value is -2.67. The fraction of sp³-hybridized carbons (Fsp3) is 0.421. The van der Waals surface area contributed by atoms with Gasteiger partial charge in [0.2, 0.25) is 5.88 Å². The first kappa shape index (κ1) is 16.8. The Bertz CT molecular complexity index is 995. The van der Waals surface area contributed by atoms with Crippen LogP contribution in [0.4, 0.5) is 0 Å². The molecule has 7 heteroatoms. The second-order valence-corrected chi connectivity index (χ2v) is 6.75. The van der Waals surface area contributed by atoms with Crippen molar-refractivity contribution in [3.8, 4) is 17.1 Å². The van der Waals surface area contributed by atoms with Crippen LogP contribution < -0.4 is 0 Å². The van der Waals surface area contributed by atoms with Crippen LogP contribution in [0, 0.1) is 13.8 Å². The van der Waals surface area contributed by atoms with Crippen LogP contribution in [-0.4, -0.2) is 36.3 Å². The van der Waals surface area contributed by atoms with E-state index in [-0.39, 0.29) is 12.1 Å². The molecule has 136 valence electrons. The zero-order valence-electron chi connectivity index (χ0n) is 15.4. The molecule has 0 aromatic carbocycles. The average Bonchev–Trinajstić information content (AvgIpc) is 3.13. The maximum Gasteiger partial charge on any atom is 0.218 e. The van der Waals surface area contributed by atoms with Gasteiger partial charge in [-0.1, -0.05) is 6.58 Å². The Balaban J connectivity index is 1.93. The molecule has 3 aromatic rings. The first-order valence-electron chi connectivity index (χ1n) is 8.88. The molecule has 4 rings (SSSR count). The lowest BCUT2D eigenvalue weighted by molar-refractivity contribution is -0.0368. The zero-order valence-corrected chi connectivity index (χ0v) is 15.4. The molecule has 0 amide bonds. The molecule has 1 aliphatic heterocycles. The molecule has 4 heterocycles. The van der Waals surface area contributed by atoms with Crippen LogP contribution in [0.15, 0.2) is 12.6 Å². The molecule has 1 saturated heterocycles. The molecule has 0 aliphatic carbocycles. The van der Waals surface area contributed by atoms with E-state index in [4.69, 9.17) is 14.8 Å². The Morgan fingerprint density at radius 3 is 2.69 bits per heavy atom. The smallest absolute Gasteiger partial charge is 0.218 e. The van der Waals surface area contributed by atoms with Crippen molar-refractivity contribution in [2.24, 2.45) is 7.05 Å². The largest absolute Gasteiger partial charge is 0.493 e. The topological polar surface area (TPSA) is 78.0 Å². The monoisotopic (exact) mass is 353 g/mol. The summed E-state index contributed by atoms with van der Waals surface area (Å²) in [6.07, 6.45) is 4.84. The number of aromatic nitrogens is 5. The fourth-order valence-electron chi connectivity index (χ4n) is 3.72. The minimum atomic E-state index is -0.0696. The SMILES string of the molecule is C=Cc1nn(C2CCCCO2)c2c(C)nc(-c3c(C)nn(C)c3O)cc12. The van der Waals surface area contributed by atoms with E-state index in [9.17, 15) is 5.11 Å². The van der Waals surface area contributed by atoms with E-state index in [1.807, 2.05) is 24.6 Å². The number of rotatable bonds is 3. The van der Waals surface area contributed by atoms with Gasteiger partial charge in [-0.05, 0) is 45.3 Å². The normalized spacial score (nSPS) is 17.7. The van der Waals surface area contributed by atoms with Crippen molar-refractivity contribution in [1.82, 2.24) is 24.5 Å². The van der Waals surface area contributed by atoms with E-state index < -0.39 is 0 Å². The maximum atomic E-state index is 10.4. The average molecular weight is 353 g/mol. The second-order valence-electron chi connectivity index (χ2n) is 6.75. The third kappa shape index (κ3) is 2.50. The molecule has 0 spiro atoms. The number of fused-ring (bicyclic) bond motifs is 1. The van der Waals surface area contributed by atoms with Gasteiger partial charge in [-0.2, -0.15) is 10.2 Å². The highest BCUT2D eigenvalue weighted by Crippen LogP contribution is 2.36. The van der Waals surface area contributed by atoms with Crippen LogP contribution in [0.2, 0.25) is 0 Å². The number of aromatic hydroxyl groups is 1. The lowest BCUT2D eigenvalue weighted by Crippen LogP contribution is -2.19. The Morgan fingerprint density at radius 1 is 1.27 bits per heavy atom. The van der Waals surface area contributed by atoms with Gasteiger partial charge < -0.3 is 9.84 Å². The summed E-state index contributed by atoms with van der Waals surface area (Å²) < 4.78 is 9.32. The molecule has 1 atom stereocenters. The van der Waals surface area contributed by atoms with Gasteiger partial charge in [0.15, 0.2) is 6.23 Å². The number of pyridine rings is 1. The summed E-state index contributed by atoms with van der Waals surface area (Å²) in [4.78, 5) is 4.75. The summed E-state index contributed by atoms with van der Waals surface area (Å²) in [5.74, 6) is 0.108. The lowest BCUT2D eigenvalue weighted by Gasteiger charge is -2.23. The van der Waals surface area contributed by atoms with Gasteiger partial charge >= 0.3 is 0 Å². The van der Waals surface area contributed by atoms with Crippen LogP contribution >= 0.6 is 0 Å². The minimum Gasteiger partial charge on any atom is -0.493 e. The fourth-order valence-corrected chi connectivity index (χ4v) is 3.72. The highest BCUT2D eigenvalue weighted by atomic mass is 16.5. The highest BCUT2D eigenvalue weighted by molar-refractivity contribution is 5.92. The van der Waals surface area contributed by atoms with Gasteiger partial charge in [-0.15, -0.1) is 0 Å². The zero-order chi connectivity index (χ0) is 18.4. The predicted octanol–water partition coefficient (Wildman–Crippen LogP) is 3.50. The number of nitrogens with zero attached hydrogens (tertiary/aromatic N) is 5. The van der Waals surface area contributed by atoms with Crippen LogP contribution in [0.25, 0.3) is 28.2 Å². The van der Waals surface area contributed by atoms with Crippen molar-refractivity contribution < 1.29 is 9.84 Å². The van der Waals surface area contributed by atoms with Crippen LogP contribution in [0.1, 0.15) is 42.6 Å². The summed E-state index contributed by atoms with van der Waals surface area (Å²) >= 11 is 0. The molecule has 0 radical (unpaired) electrons. The van der Waals surface area contributed by atoms with Crippen molar-refractivity contribution in [3.63, 3.8) is 0 Å². The first-order valence-corrected chi connectivity index (χ1v) is 8.88. The van der Waals surface area contributed by atoms with Gasteiger partial charge in [0.05, 0.1) is 33.9 Å². The molecule has 7 nitrogen and oxygen atoms in total. The maximum absolute atomic E-state index is 10.4. The molecule has 1 fully saturated rings. The number of hydrogen-bond donors (Lipinski definition) is 1. The van der Waals surface area contributed by atoms with Gasteiger partial charge in [-0.25, -0.2) is 9.36 Å². The van der Waals surface area contributed by atoms with Crippen molar-refractivity contribution in [2.75, 3.05) is 6.61 Å². The minimum absolute atomic E-state index is 0.0696. The van der Waals surface area contributed by atoms with Crippen molar-refractivity contribution in [1.29, 1.82) is 0 Å². The molecule has 3 aromatic heterocycles. The summed E-state index contributed by atoms with van der Waals surface area (Å²) in [5, 5.41) is 20.3. The van der Waals surface area contributed by atoms with Gasteiger partial charge in [0, 0.05) is 19.0 Å². The van der Waals surface area contributed by atoms with Gasteiger partial charge in [0.1, 0.15) is 0 Å². The number of hydrogen-bond acceptors (Lipinski definition) is 5. The summed E-state index contributed by atoms with van der Waals surface area (Å²) in [6.45, 7) is 8.49. The van der Waals surface area contributed by atoms with E-state index in [2.05, 4.69) is 11.7 Å². The molecule has 1 unspecified atom stereocenters. The van der Waals surface area contributed by atoms with Gasteiger partial charge in [0.25, 0.3) is 0 Å². The molecular weight excluding hydrogens is 330 g/mol. The quantitative estimate of drug-likeness (QED) is 0.780. The van der Waals surface area contributed by atoms with Crippen LogP contribution in [0.3, 0.4) is 0 Å². The van der Waals surface area contributed by atoms with Crippen molar-refractivity contribution in [2.45, 2.75) is 39.3 Å². The Labute approximate surface area is 151 Å². The standard InChI is InChI=1S/C19H23N5O2/c1-5-14-13-10-15(17-11(2)21-23(4)19(17)25)20-12(3)18(13)24(22-14)16-8-6-7-9-26-16/h5,10,16,25H,1,6-9H2,2-4H3. The van der Waals surface area contributed by atoms with E-state index in [0.717, 1.165) is 53.9 Å². The highest BCUT2D eigenvalue weighted by Gasteiger charge is 2.24. The summed E-state index contributed by atoms with van der Waals surface area (Å²) in [5.41, 5.74) is 4.66. The van der Waals surface area contributed by atoms with Crippen LogP contribution in [-0.2, 0) is 11.8 Å². The molecule has 1 N–H and O–H groups in total. The number of aryl methyl sites for hydroxylation is 3. The summed E-state index contributed by atoms with van der Waals surface area (Å²) in [6, 6.07) is 1.95. The predicted molar refractivity (Wildman–Crippen MR) is 99.8 cm³/mol. The van der Waals surface area contributed by atoms with E-state index in [0.29, 0.717) is 11.3 Å². The Kier molecular flexibility index (Phi) is 4.03. The van der Waals surface area contributed by atoms with E-state index in [1.54, 1.807) is 13.1 Å². The van der Waals surface area contributed by atoms with Gasteiger partial charge in [-0.3, -0.25) is 4.98 Å². The second kappa shape index (κ2) is 6.25. The molecule has 26 heavy (non-hydrogen) atoms. The van der Waals surface area contributed by atoms with E-state index in [1.165, 1.54) is 4.68 Å². The van der Waals surface area contributed by atoms with Crippen molar-refractivity contribution in [3.05, 3.63) is 29.7 Å². The van der Waals surface area contributed by atoms with E-state index >= 15 is 0 Å².